The van der Waals surface area contributed by atoms with Gasteiger partial charge in [0, 0.05) is 12.6 Å². The summed E-state index contributed by atoms with van der Waals surface area (Å²) in [6.07, 6.45) is 6.06. The summed E-state index contributed by atoms with van der Waals surface area (Å²) in [5.41, 5.74) is 0. The quantitative estimate of drug-likeness (QED) is 0.654. The molecule has 0 aliphatic heterocycles. The van der Waals surface area contributed by atoms with Gasteiger partial charge < -0.3 is 10.6 Å². The average Bonchev–Trinajstić information content (AvgIpc) is 2.00. The second kappa shape index (κ2) is 5.89. The fourth-order valence-corrected chi connectivity index (χ4v) is 1.69. The maximum Gasteiger partial charge on any atom is 0.315 e. The zero-order valence-corrected chi connectivity index (χ0v) is 9.31. The topological polar surface area (TPSA) is 41.1 Å². The molecule has 0 bridgehead atoms. The first-order valence-electron chi connectivity index (χ1n) is 5.78. The largest absolute Gasteiger partial charge is 0.338 e. The number of hydrogen-bond donors (Lipinski definition) is 2. The van der Waals surface area contributed by atoms with E-state index in [2.05, 4.69) is 24.5 Å². The van der Waals surface area contributed by atoms with Crippen molar-refractivity contribution >= 4 is 6.03 Å². The van der Waals surface area contributed by atoms with Crippen LogP contribution in [0, 0.1) is 5.92 Å². The standard InChI is InChI=1S/C11H22N2O/c1-3-4-8-12-11(14)13-9(2)10-6-5-7-10/h9-10H,3-8H2,1-2H3,(H2,12,13,14). The molecule has 1 fully saturated rings. The number of hydrogen-bond acceptors (Lipinski definition) is 1. The highest BCUT2D eigenvalue weighted by atomic mass is 16.2. The van der Waals surface area contributed by atoms with Crippen LogP contribution in [-0.2, 0) is 0 Å². The van der Waals surface area contributed by atoms with Gasteiger partial charge in [0.15, 0.2) is 0 Å². The third-order valence-electron chi connectivity index (χ3n) is 3.03. The smallest absolute Gasteiger partial charge is 0.315 e. The molecule has 3 nitrogen and oxygen atoms in total. The minimum Gasteiger partial charge on any atom is -0.338 e. The molecule has 0 heterocycles. The first kappa shape index (κ1) is 11.3. The summed E-state index contributed by atoms with van der Waals surface area (Å²) in [6.45, 7) is 5.01. The SMILES string of the molecule is CCCCNC(=O)NC(C)C1CCC1. The third kappa shape index (κ3) is 3.56. The molecule has 1 rings (SSSR count). The van der Waals surface area contributed by atoms with Gasteiger partial charge in [-0.2, -0.15) is 0 Å². The van der Waals surface area contributed by atoms with Gasteiger partial charge >= 0.3 is 6.03 Å². The highest BCUT2D eigenvalue weighted by Gasteiger charge is 2.24. The molecule has 14 heavy (non-hydrogen) atoms. The lowest BCUT2D eigenvalue weighted by Gasteiger charge is -2.31. The fraction of sp³-hybridized carbons (Fsp3) is 0.909. The minimum absolute atomic E-state index is 0.00199. The average molecular weight is 198 g/mol. The molecule has 1 aliphatic carbocycles. The van der Waals surface area contributed by atoms with Gasteiger partial charge in [0.2, 0.25) is 0 Å². The van der Waals surface area contributed by atoms with E-state index in [1.165, 1.54) is 19.3 Å². The Hall–Kier alpha value is -0.730. The van der Waals surface area contributed by atoms with E-state index in [-0.39, 0.29) is 6.03 Å². The van der Waals surface area contributed by atoms with Crippen molar-refractivity contribution in [2.75, 3.05) is 6.54 Å². The van der Waals surface area contributed by atoms with Crippen LogP contribution in [0.1, 0.15) is 46.0 Å². The molecule has 2 amide bonds. The van der Waals surface area contributed by atoms with Gasteiger partial charge in [0.05, 0.1) is 0 Å². The summed E-state index contributed by atoms with van der Waals surface area (Å²) < 4.78 is 0. The maximum absolute atomic E-state index is 11.4. The first-order chi connectivity index (χ1) is 6.74. The molecule has 3 heteroatoms. The van der Waals surface area contributed by atoms with Crippen molar-refractivity contribution < 1.29 is 4.79 Å². The molecule has 0 spiro atoms. The first-order valence-corrected chi connectivity index (χ1v) is 5.78. The molecule has 1 unspecified atom stereocenters. The second-order valence-corrected chi connectivity index (χ2v) is 4.23. The lowest BCUT2D eigenvalue weighted by Crippen LogP contribution is -2.45. The molecule has 0 aromatic rings. The number of rotatable bonds is 5. The van der Waals surface area contributed by atoms with Crippen LogP contribution in [0.15, 0.2) is 0 Å². The molecule has 0 aromatic carbocycles. The second-order valence-electron chi connectivity index (χ2n) is 4.23. The lowest BCUT2D eigenvalue weighted by molar-refractivity contribution is 0.213. The van der Waals surface area contributed by atoms with E-state index >= 15 is 0 Å². The van der Waals surface area contributed by atoms with Gasteiger partial charge in [-0.3, -0.25) is 0 Å². The predicted octanol–water partition coefficient (Wildman–Crippen LogP) is 2.27. The van der Waals surface area contributed by atoms with Crippen LogP contribution in [0.25, 0.3) is 0 Å². The molecule has 82 valence electrons. The van der Waals surface area contributed by atoms with Crippen LogP contribution in [0.4, 0.5) is 4.79 Å². The van der Waals surface area contributed by atoms with Crippen molar-refractivity contribution in [3.63, 3.8) is 0 Å². The zero-order chi connectivity index (χ0) is 10.4. The van der Waals surface area contributed by atoms with Crippen LogP contribution < -0.4 is 10.6 Å². The summed E-state index contributed by atoms with van der Waals surface area (Å²) in [4.78, 5) is 11.4. The maximum atomic E-state index is 11.4. The van der Waals surface area contributed by atoms with Crippen molar-refractivity contribution in [3.05, 3.63) is 0 Å². The van der Waals surface area contributed by atoms with E-state index < -0.39 is 0 Å². The summed E-state index contributed by atoms with van der Waals surface area (Å²) in [5, 5.41) is 5.86. The van der Waals surface area contributed by atoms with E-state index in [4.69, 9.17) is 0 Å². The van der Waals surface area contributed by atoms with Crippen LogP contribution in [0.2, 0.25) is 0 Å². The number of nitrogens with one attached hydrogen (secondary N) is 2. The number of carbonyl (C=O) groups excluding carboxylic acids is 1. The van der Waals surface area contributed by atoms with Crippen molar-refractivity contribution in [3.8, 4) is 0 Å². The molecule has 0 saturated heterocycles. The van der Waals surface area contributed by atoms with E-state index in [9.17, 15) is 4.79 Å². The van der Waals surface area contributed by atoms with Crippen molar-refractivity contribution in [2.24, 2.45) is 5.92 Å². The summed E-state index contributed by atoms with van der Waals surface area (Å²) in [5.74, 6) is 0.715. The van der Waals surface area contributed by atoms with E-state index in [1.54, 1.807) is 0 Å². The van der Waals surface area contributed by atoms with Gasteiger partial charge in [0.1, 0.15) is 0 Å². The lowest BCUT2D eigenvalue weighted by atomic mass is 9.80. The van der Waals surface area contributed by atoms with E-state index in [1.807, 2.05) is 0 Å². The van der Waals surface area contributed by atoms with Gasteiger partial charge in [-0.25, -0.2) is 4.79 Å². The Morgan fingerprint density at radius 3 is 2.71 bits per heavy atom. The number of carbonyl (C=O) groups is 1. The Bertz CT molecular complexity index is 178. The van der Waals surface area contributed by atoms with Gasteiger partial charge in [0.25, 0.3) is 0 Å². The zero-order valence-electron chi connectivity index (χ0n) is 9.31. The molecule has 1 aliphatic rings. The highest BCUT2D eigenvalue weighted by molar-refractivity contribution is 5.74. The van der Waals surface area contributed by atoms with Crippen molar-refractivity contribution in [1.82, 2.24) is 10.6 Å². The van der Waals surface area contributed by atoms with Crippen LogP contribution >= 0.6 is 0 Å². The van der Waals surface area contributed by atoms with Gasteiger partial charge in [-0.15, -0.1) is 0 Å². The van der Waals surface area contributed by atoms with Crippen molar-refractivity contribution in [1.29, 1.82) is 0 Å². The molecule has 2 N–H and O–H groups in total. The highest BCUT2D eigenvalue weighted by Crippen LogP contribution is 2.29. The van der Waals surface area contributed by atoms with Crippen molar-refractivity contribution in [2.45, 2.75) is 52.0 Å². The normalized spacial score (nSPS) is 18.4. The fourth-order valence-electron chi connectivity index (χ4n) is 1.69. The molecular formula is C11H22N2O. The Morgan fingerprint density at radius 2 is 2.21 bits per heavy atom. The Balaban J connectivity index is 2.06. The molecule has 0 radical (unpaired) electrons. The van der Waals surface area contributed by atoms with Gasteiger partial charge in [-0.05, 0) is 32.1 Å². The van der Waals surface area contributed by atoms with E-state index in [0.717, 1.165) is 19.4 Å². The van der Waals surface area contributed by atoms with Crippen LogP contribution in [0.5, 0.6) is 0 Å². The Labute approximate surface area is 86.6 Å². The van der Waals surface area contributed by atoms with Gasteiger partial charge in [-0.1, -0.05) is 19.8 Å². The summed E-state index contributed by atoms with van der Waals surface area (Å²) in [6, 6.07) is 0.336. The molecular weight excluding hydrogens is 176 g/mol. The number of amides is 2. The Kier molecular flexibility index (Phi) is 4.77. The summed E-state index contributed by atoms with van der Waals surface area (Å²) >= 11 is 0. The monoisotopic (exact) mass is 198 g/mol. The predicted molar refractivity (Wildman–Crippen MR) is 58.2 cm³/mol. The third-order valence-corrected chi connectivity index (χ3v) is 3.03. The molecule has 1 atom stereocenters. The summed E-state index contributed by atoms with van der Waals surface area (Å²) in [7, 11) is 0. The molecule has 0 aromatic heterocycles. The van der Waals surface area contributed by atoms with E-state index in [0.29, 0.717) is 12.0 Å². The number of unbranched alkanes of at least 4 members (excludes halogenated alkanes) is 1. The van der Waals surface area contributed by atoms with Crippen LogP contribution in [0.3, 0.4) is 0 Å². The molecule has 1 saturated carbocycles. The minimum atomic E-state index is -0.00199. The van der Waals surface area contributed by atoms with Crippen LogP contribution in [-0.4, -0.2) is 18.6 Å². The number of urea groups is 1. The Morgan fingerprint density at radius 1 is 1.50 bits per heavy atom.